The molecule has 0 aliphatic rings. The van der Waals surface area contributed by atoms with E-state index in [0.717, 1.165) is 5.69 Å². The summed E-state index contributed by atoms with van der Waals surface area (Å²) in [7, 11) is -3.51. The number of primary sulfonamides is 1. The number of aryl methyl sites for hydroxylation is 1. The monoisotopic (exact) mass is 160 g/mol. The van der Waals surface area contributed by atoms with Gasteiger partial charge in [0.2, 0.25) is 10.0 Å². The average molecular weight is 160 g/mol. The van der Waals surface area contributed by atoms with Crippen molar-refractivity contribution in [2.24, 2.45) is 5.14 Å². The highest BCUT2D eigenvalue weighted by Gasteiger charge is 2.07. The highest BCUT2D eigenvalue weighted by molar-refractivity contribution is 7.89. The third-order valence-corrected chi connectivity index (χ3v) is 2.02. The van der Waals surface area contributed by atoms with Crippen molar-refractivity contribution < 1.29 is 8.42 Å². The summed E-state index contributed by atoms with van der Waals surface area (Å²) >= 11 is 0. The zero-order valence-electron chi connectivity index (χ0n) is 5.46. The van der Waals surface area contributed by atoms with Gasteiger partial charge in [-0.2, -0.15) is 0 Å². The van der Waals surface area contributed by atoms with E-state index >= 15 is 0 Å². The molecule has 56 valence electrons. The summed E-state index contributed by atoms with van der Waals surface area (Å²) in [5.41, 5.74) is 0.782. The minimum absolute atomic E-state index is 0.130. The molecule has 3 N–H and O–H groups in total. The number of aromatic amines is 1. The van der Waals surface area contributed by atoms with E-state index in [4.69, 9.17) is 5.14 Å². The Kier molecular flexibility index (Phi) is 1.53. The largest absolute Gasteiger partial charge is 0.364 e. The Hall–Kier alpha value is -0.810. The molecule has 0 bridgehead atoms. The first kappa shape index (κ1) is 7.30. The minimum atomic E-state index is -3.51. The molecule has 0 aromatic carbocycles. The van der Waals surface area contributed by atoms with Crippen molar-refractivity contribution >= 4 is 10.0 Å². The van der Waals surface area contributed by atoms with Crippen LogP contribution in [-0.2, 0) is 10.0 Å². The van der Waals surface area contributed by atoms with Gasteiger partial charge in [-0.15, -0.1) is 0 Å². The van der Waals surface area contributed by atoms with Gasteiger partial charge in [-0.05, 0) is 13.0 Å². The Morgan fingerprint density at radius 3 is 2.40 bits per heavy atom. The smallest absolute Gasteiger partial charge is 0.239 e. The van der Waals surface area contributed by atoms with Gasteiger partial charge in [-0.1, -0.05) is 0 Å². The van der Waals surface area contributed by atoms with E-state index in [0.29, 0.717) is 0 Å². The Morgan fingerprint density at radius 2 is 2.20 bits per heavy atom. The summed E-state index contributed by atoms with van der Waals surface area (Å²) in [4.78, 5) is 2.85. The van der Waals surface area contributed by atoms with Crippen LogP contribution in [0.1, 0.15) is 5.69 Å². The van der Waals surface area contributed by atoms with Crippen LogP contribution in [0.4, 0.5) is 0 Å². The quantitative estimate of drug-likeness (QED) is 0.605. The van der Waals surface area contributed by atoms with Crippen molar-refractivity contribution in [2.45, 2.75) is 11.8 Å². The van der Waals surface area contributed by atoms with Crippen LogP contribution in [0, 0.1) is 6.92 Å². The Labute approximate surface area is 59.1 Å². The van der Waals surface area contributed by atoms with E-state index < -0.39 is 10.0 Å². The van der Waals surface area contributed by atoms with Crippen LogP contribution in [0.5, 0.6) is 0 Å². The lowest BCUT2D eigenvalue weighted by Crippen LogP contribution is -2.10. The molecule has 1 rings (SSSR count). The number of H-pyrrole nitrogens is 1. The molecule has 4 nitrogen and oxygen atoms in total. The number of nitrogens with one attached hydrogen (secondary N) is 1. The van der Waals surface area contributed by atoms with E-state index in [9.17, 15) is 8.42 Å². The summed E-state index contributed by atoms with van der Waals surface area (Å²) in [6, 6.07) is 1.48. The van der Waals surface area contributed by atoms with Crippen molar-refractivity contribution in [3.8, 4) is 0 Å². The van der Waals surface area contributed by atoms with Crippen LogP contribution >= 0.6 is 0 Å². The van der Waals surface area contributed by atoms with Crippen LogP contribution in [0.2, 0.25) is 0 Å². The van der Waals surface area contributed by atoms with Crippen molar-refractivity contribution in [3.63, 3.8) is 0 Å². The third-order valence-electron chi connectivity index (χ3n) is 1.13. The van der Waals surface area contributed by atoms with E-state index in [1.807, 2.05) is 0 Å². The van der Waals surface area contributed by atoms with Gasteiger partial charge < -0.3 is 4.98 Å². The van der Waals surface area contributed by atoms with E-state index in [1.165, 1.54) is 12.3 Å². The molecule has 1 aromatic heterocycles. The van der Waals surface area contributed by atoms with Gasteiger partial charge >= 0.3 is 0 Å². The second-order valence-electron chi connectivity index (χ2n) is 2.06. The highest BCUT2D eigenvalue weighted by Crippen LogP contribution is 2.06. The van der Waals surface area contributed by atoms with Gasteiger partial charge in [0.25, 0.3) is 0 Å². The third kappa shape index (κ3) is 1.37. The molecule has 0 saturated heterocycles. The zero-order chi connectivity index (χ0) is 7.78. The molecule has 0 atom stereocenters. The highest BCUT2D eigenvalue weighted by atomic mass is 32.2. The molecule has 0 amide bonds. The molecule has 0 aliphatic heterocycles. The second-order valence-corrected chi connectivity index (χ2v) is 3.62. The predicted octanol–water partition coefficient (Wildman–Crippen LogP) is -0.0295. The van der Waals surface area contributed by atoms with Crippen LogP contribution < -0.4 is 5.14 Å². The average Bonchev–Trinajstić information content (AvgIpc) is 2.11. The van der Waals surface area contributed by atoms with E-state index in [2.05, 4.69) is 4.98 Å². The predicted molar refractivity (Wildman–Crippen MR) is 36.9 cm³/mol. The normalized spacial score (nSPS) is 11.8. The molecule has 1 aromatic rings. The molecule has 0 spiro atoms. The maximum absolute atomic E-state index is 10.6. The lowest BCUT2D eigenvalue weighted by molar-refractivity contribution is 0.598. The van der Waals surface area contributed by atoms with Gasteiger partial charge in [-0.3, -0.25) is 0 Å². The summed E-state index contributed by atoms with van der Waals surface area (Å²) in [6.07, 6.45) is 1.37. The molecule has 0 radical (unpaired) electrons. The fourth-order valence-electron chi connectivity index (χ4n) is 0.646. The molecular weight excluding hydrogens is 152 g/mol. The van der Waals surface area contributed by atoms with Crippen LogP contribution in [-0.4, -0.2) is 13.4 Å². The Morgan fingerprint density at radius 1 is 1.60 bits per heavy atom. The second kappa shape index (κ2) is 2.10. The number of hydrogen-bond donors (Lipinski definition) is 2. The summed E-state index contributed by atoms with van der Waals surface area (Å²) < 4.78 is 21.2. The fraction of sp³-hybridized carbons (Fsp3) is 0.200. The molecule has 0 saturated carbocycles. The van der Waals surface area contributed by atoms with Crippen LogP contribution in [0.25, 0.3) is 0 Å². The van der Waals surface area contributed by atoms with Crippen LogP contribution in [0.15, 0.2) is 17.2 Å². The maximum Gasteiger partial charge on any atom is 0.239 e. The molecular formula is C5H8N2O2S. The first-order valence-corrected chi connectivity index (χ1v) is 4.22. The standard InChI is InChI=1S/C5H8N2O2S/c1-4-2-5(3-7-4)10(6,8)9/h2-3,7H,1H3,(H2,6,8,9). The number of rotatable bonds is 1. The number of aromatic nitrogens is 1. The number of hydrogen-bond acceptors (Lipinski definition) is 2. The first-order chi connectivity index (χ1) is 4.50. The van der Waals surface area contributed by atoms with Gasteiger partial charge in [0.1, 0.15) is 0 Å². The molecule has 0 fully saturated rings. The van der Waals surface area contributed by atoms with E-state index in [-0.39, 0.29) is 4.90 Å². The topological polar surface area (TPSA) is 76.0 Å². The van der Waals surface area contributed by atoms with Crippen molar-refractivity contribution in [1.82, 2.24) is 4.98 Å². The molecule has 5 heteroatoms. The van der Waals surface area contributed by atoms with Gasteiger partial charge in [0.05, 0.1) is 4.90 Å². The lowest BCUT2D eigenvalue weighted by Gasteiger charge is -1.87. The molecule has 10 heavy (non-hydrogen) atoms. The Balaban J connectivity index is 3.21. The Bertz CT molecular complexity index is 325. The fourth-order valence-corrected chi connectivity index (χ4v) is 1.21. The summed E-state index contributed by atoms with van der Waals surface area (Å²) in [6.45, 7) is 1.76. The lowest BCUT2D eigenvalue weighted by atomic mass is 10.5. The molecule has 1 heterocycles. The molecule has 0 unspecified atom stereocenters. The maximum atomic E-state index is 10.6. The van der Waals surface area contributed by atoms with Gasteiger partial charge in [-0.25, -0.2) is 13.6 Å². The molecule has 0 aliphatic carbocycles. The van der Waals surface area contributed by atoms with Gasteiger partial charge in [0.15, 0.2) is 0 Å². The summed E-state index contributed by atoms with van der Waals surface area (Å²) in [5, 5.41) is 4.82. The SMILES string of the molecule is Cc1cc(S(N)(=O)=O)c[nH]1. The van der Waals surface area contributed by atoms with Gasteiger partial charge in [0, 0.05) is 11.9 Å². The minimum Gasteiger partial charge on any atom is -0.364 e. The van der Waals surface area contributed by atoms with Crippen molar-refractivity contribution in [1.29, 1.82) is 0 Å². The van der Waals surface area contributed by atoms with E-state index in [1.54, 1.807) is 6.92 Å². The summed E-state index contributed by atoms with van der Waals surface area (Å²) in [5.74, 6) is 0. The van der Waals surface area contributed by atoms with Crippen molar-refractivity contribution in [2.75, 3.05) is 0 Å². The number of sulfonamides is 1. The first-order valence-electron chi connectivity index (χ1n) is 2.68. The van der Waals surface area contributed by atoms with Crippen molar-refractivity contribution in [3.05, 3.63) is 18.0 Å². The van der Waals surface area contributed by atoms with Crippen LogP contribution in [0.3, 0.4) is 0 Å². The zero-order valence-corrected chi connectivity index (χ0v) is 6.27. The number of nitrogens with two attached hydrogens (primary N) is 1.